The van der Waals surface area contributed by atoms with Crippen LogP contribution in [0.4, 0.5) is 0 Å². The zero-order valence-electron chi connectivity index (χ0n) is 11.2. The molecule has 102 valence electrons. The number of benzene rings is 2. The lowest BCUT2D eigenvalue weighted by atomic mass is 10.0. The fraction of sp³-hybridized carbons (Fsp3) is 0.0588. The number of hydrogen-bond donors (Lipinski definition) is 1. The van der Waals surface area contributed by atoms with Crippen LogP contribution in [0.5, 0.6) is 5.75 Å². The van der Waals surface area contributed by atoms with Gasteiger partial charge in [0.1, 0.15) is 24.0 Å². The molecule has 0 saturated heterocycles. The summed E-state index contributed by atoms with van der Waals surface area (Å²) in [6, 6.07) is 13.0. The highest BCUT2D eigenvalue weighted by atomic mass is 16.5. The zero-order valence-corrected chi connectivity index (χ0v) is 11.2. The number of terminal acetylenes is 1. The van der Waals surface area contributed by atoms with Gasteiger partial charge < -0.3 is 10.5 Å². The Labute approximate surface area is 122 Å². The van der Waals surface area contributed by atoms with Gasteiger partial charge in [-0.3, -0.25) is 4.79 Å². The molecule has 0 radical (unpaired) electrons. The summed E-state index contributed by atoms with van der Waals surface area (Å²) < 4.78 is 5.48. The van der Waals surface area contributed by atoms with Crippen LogP contribution in [0.2, 0.25) is 0 Å². The summed E-state index contributed by atoms with van der Waals surface area (Å²) in [5.74, 6) is 2.10. The number of carbonyl (C=O) groups is 1. The number of fused-ring (bicyclic) bond motifs is 1. The largest absolute Gasteiger partial charge is 0.480 e. The fourth-order valence-corrected chi connectivity index (χ4v) is 1.97. The summed E-state index contributed by atoms with van der Waals surface area (Å²) in [4.78, 5) is 11.3. The molecule has 1 amide bonds. The Bertz CT molecular complexity index is 808. The monoisotopic (exact) mass is 276 g/mol. The van der Waals surface area contributed by atoms with Crippen LogP contribution in [-0.2, 0) is 4.79 Å². The van der Waals surface area contributed by atoms with Crippen LogP contribution in [0.3, 0.4) is 0 Å². The first-order chi connectivity index (χ1) is 10.2. The smallest absolute Gasteiger partial charge is 0.259 e. The average molecular weight is 276 g/mol. The SMILES string of the molecule is C#CCOc1ccc2ccccc2c1/C=C(\C#N)C(N)=O. The van der Waals surface area contributed by atoms with Crippen molar-refractivity contribution in [3.05, 3.63) is 47.5 Å². The molecular formula is C17H12N2O2. The van der Waals surface area contributed by atoms with Crippen LogP contribution in [0.1, 0.15) is 5.56 Å². The van der Waals surface area contributed by atoms with E-state index in [2.05, 4.69) is 5.92 Å². The highest BCUT2D eigenvalue weighted by molar-refractivity contribution is 6.04. The van der Waals surface area contributed by atoms with Gasteiger partial charge in [0, 0.05) is 5.56 Å². The Morgan fingerprint density at radius 2 is 2.10 bits per heavy atom. The number of primary amides is 1. The van der Waals surface area contributed by atoms with Crippen molar-refractivity contribution < 1.29 is 9.53 Å². The highest BCUT2D eigenvalue weighted by Crippen LogP contribution is 2.30. The maximum Gasteiger partial charge on any atom is 0.259 e. The topological polar surface area (TPSA) is 76.1 Å². The molecule has 0 heterocycles. The van der Waals surface area contributed by atoms with E-state index in [0.717, 1.165) is 10.8 Å². The van der Waals surface area contributed by atoms with Crippen molar-refractivity contribution in [1.29, 1.82) is 5.26 Å². The molecule has 4 heteroatoms. The first-order valence-electron chi connectivity index (χ1n) is 6.17. The average Bonchev–Trinajstić information content (AvgIpc) is 2.50. The van der Waals surface area contributed by atoms with E-state index >= 15 is 0 Å². The quantitative estimate of drug-likeness (QED) is 0.528. The molecule has 0 aromatic heterocycles. The number of amides is 1. The maximum atomic E-state index is 11.3. The minimum absolute atomic E-state index is 0.0949. The van der Waals surface area contributed by atoms with E-state index in [1.165, 1.54) is 6.08 Å². The Hall–Kier alpha value is -3.24. The minimum Gasteiger partial charge on any atom is -0.480 e. The van der Waals surface area contributed by atoms with E-state index in [9.17, 15) is 4.79 Å². The normalized spacial score (nSPS) is 10.7. The van der Waals surface area contributed by atoms with Gasteiger partial charge in [-0.05, 0) is 22.9 Å². The van der Waals surface area contributed by atoms with Gasteiger partial charge in [0.15, 0.2) is 0 Å². The predicted octanol–water partition coefficient (Wildman–Crippen LogP) is 2.24. The Morgan fingerprint density at radius 3 is 2.76 bits per heavy atom. The van der Waals surface area contributed by atoms with Gasteiger partial charge in [0.25, 0.3) is 5.91 Å². The lowest BCUT2D eigenvalue weighted by Crippen LogP contribution is -2.12. The molecule has 2 aromatic rings. The lowest BCUT2D eigenvalue weighted by molar-refractivity contribution is -0.114. The molecule has 0 saturated carbocycles. The molecule has 0 aliphatic carbocycles. The molecule has 2 rings (SSSR count). The van der Waals surface area contributed by atoms with Crippen molar-refractivity contribution in [3.63, 3.8) is 0 Å². The Morgan fingerprint density at radius 1 is 1.33 bits per heavy atom. The molecule has 0 atom stereocenters. The van der Waals surface area contributed by atoms with Crippen molar-refractivity contribution in [2.24, 2.45) is 5.73 Å². The second kappa shape index (κ2) is 6.27. The third-order valence-corrected chi connectivity index (χ3v) is 2.92. The number of nitrogens with zero attached hydrogens (tertiary/aromatic N) is 1. The van der Waals surface area contributed by atoms with Gasteiger partial charge in [-0.2, -0.15) is 5.26 Å². The van der Waals surface area contributed by atoms with Crippen molar-refractivity contribution in [2.75, 3.05) is 6.61 Å². The van der Waals surface area contributed by atoms with Crippen molar-refractivity contribution in [2.45, 2.75) is 0 Å². The summed E-state index contributed by atoms with van der Waals surface area (Å²) in [5.41, 5.74) is 5.65. The molecule has 21 heavy (non-hydrogen) atoms. The van der Waals surface area contributed by atoms with Gasteiger partial charge in [-0.15, -0.1) is 6.42 Å². The van der Waals surface area contributed by atoms with Crippen LogP contribution < -0.4 is 10.5 Å². The number of ether oxygens (including phenoxy) is 1. The first kappa shape index (κ1) is 14.2. The zero-order chi connectivity index (χ0) is 15.2. The third-order valence-electron chi connectivity index (χ3n) is 2.92. The summed E-state index contributed by atoms with van der Waals surface area (Å²) in [5, 5.41) is 10.8. The first-order valence-corrected chi connectivity index (χ1v) is 6.17. The Balaban J connectivity index is 2.70. The summed E-state index contributed by atoms with van der Waals surface area (Å²) in [6.45, 7) is 0.0949. The van der Waals surface area contributed by atoms with E-state index in [4.69, 9.17) is 22.2 Å². The van der Waals surface area contributed by atoms with E-state index < -0.39 is 5.91 Å². The van der Waals surface area contributed by atoms with Crippen LogP contribution in [0.15, 0.2) is 42.0 Å². The second-order valence-corrected chi connectivity index (χ2v) is 4.23. The Kier molecular flexibility index (Phi) is 4.23. The molecule has 0 unspecified atom stereocenters. The van der Waals surface area contributed by atoms with Gasteiger partial charge in [0.05, 0.1) is 0 Å². The molecular weight excluding hydrogens is 264 g/mol. The summed E-state index contributed by atoms with van der Waals surface area (Å²) in [7, 11) is 0. The molecule has 2 aromatic carbocycles. The van der Waals surface area contributed by atoms with Crippen LogP contribution in [0.25, 0.3) is 16.8 Å². The highest BCUT2D eigenvalue weighted by Gasteiger charge is 2.10. The molecule has 2 N–H and O–H groups in total. The van der Waals surface area contributed by atoms with Crippen molar-refractivity contribution in [3.8, 4) is 24.2 Å². The van der Waals surface area contributed by atoms with Crippen LogP contribution in [0, 0.1) is 23.7 Å². The second-order valence-electron chi connectivity index (χ2n) is 4.23. The number of rotatable bonds is 4. The number of nitriles is 1. The molecule has 0 fully saturated rings. The summed E-state index contributed by atoms with van der Waals surface area (Å²) in [6.07, 6.45) is 6.62. The van der Waals surface area contributed by atoms with Gasteiger partial charge in [0.2, 0.25) is 0 Å². The summed E-state index contributed by atoms with van der Waals surface area (Å²) >= 11 is 0. The number of hydrogen-bond acceptors (Lipinski definition) is 3. The van der Waals surface area contributed by atoms with Crippen LogP contribution in [-0.4, -0.2) is 12.5 Å². The minimum atomic E-state index is -0.784. The van der Waals surface area contributed by atoms with Gasteiger partial charge in [-0.25, -0.2) is 0 Å². The number of carbonyl (C=O) groups excluding carboxylic acids is 1. The molecule has 0 aliphatic heterocycles. The van der Waals surface area contributed by atoms with Crippen LogP contribution >= 0.6 is 0 Å². The fourth-order valence-electron chi connectivity index (χ4n) is 1.97. The maximum absolute atomic E-state index is 11.3. The number of nitrogens with two attached hydrogens (primary N) is 1. The van der Waals surface area contributed by atoms with E-state index in [-0.39, 0.29) is 12.2 Å². The lowest BCUT2D eigenvalue weighted by Gasteiger charge is -2.10. The molecule has 0 spiro atoms. The standard InChI is InChI=1S/C17H12N2O2/c1-2-9-21-16-8-7-12-5-3-4-6-14(12)15(16)10-13(11-18)17(19)20/h1,3-8,10H,9H2,(H2,19,20)/b13-10+. The van der Waals surface area contributed by atoms with E-state index in [0.29, 0.717) is 11.3 Å². The van der Waals surface area contributed by atoms with Gasteiger partial charge in [-0.1, -0.05) is 36.3 Å². The third kappa shape index (κ3) is 3.02. The van der Waals surface area contributed by atoms with Gasteiger partial charge >= 0.3 is 0 Å². The van der Waals surface area contributed by atoms with E-state index in [1.54, 1.807) is 12.1 Å². The molecule has 4 nitrogen and oxygen atoms in total. The van der Waals surface area contributed by atoms with E-state index in [1.807, 2.05) is 30.3 Å². The predicted molar refractivity (Wildman–Crippen MR) is 81.1 cm³/mol. The van der Waals surface area contributed by atoms with Crippen molar-refractivity contribution >= 4 is 22.8 Å². The molecule has 0 bridgehead atoms. The van der Waals surface area contributed by atoms with Crippen molar-refractivity contribution in [1.82, 2.24) is 0 Å². The molecule has 0 aliphatic rings.